The van der Waals surface area contributed by atoms with Crippen LogP contribution in [-0.2, 0) is 17.6 Å². The number of benzene rings is 1. The smallest absolute Gasteiger partial charge is 0.227 e. The lowest BCUT2D eigenvalue weighted by Crippen LogP contribution is -2.41. The van der Waals surface area contributed by atoms with Crippen LogP contribution in [0.2, 0.25) is 5.02 Å². The normalized spacial score (nSPS) is 17.2. The molecule has 0 N–H and O–H groups in total. The third-order valence-electron chi connectivity index (χ3n) is 4.88. The summed E-state index contributed by atoms with van der Waals surface area (Å²) in [6.07, 6.45) is 3.10. The van der Waals surface area contributed by atoms with Crippen LogP contribution in [0.25, 0.3) is 11.4 Å². The third-order valence-corrected chi connectivity index (χ3v) is 5.93. The van der Waals surface area contributed by atoms with Crippen molar-refractivity contribution in [3.63, 3.8) is 0 Å². The number of hydrogen-bond acceptors (Lipinski definition) is 5. The van der Waals surface area contributed by atoms with Gasteiger partial charge in [-0.15, -0.1) is 0 Å². The second-order valence-corrected chi connectivity index (χ2v) is 8.03. The zero-order valence-corrected chi connectivity index (χ0v) is 16.4. The van der Waals surface area contributed by atoms with Crippen molar-refractivity contribution in [2.75, 3.05) is 13.1 Å². The van der Waals surface area contributed by atoms with E-state index in [4.69, 9.17) is 16.1 Å². The van der Waals surface area contributed by atoms with Gasteiger partial charge < -0.3 is 9.42 Å². The molecule has 0 aliphatic carbocycles. The molecule has 1 saturated heterocycles. The van der Waals surface area contributed by atoms with Crippen molar-refractivity contribution in [3.8, 4) is 11.4 Å². The van der Waals surface area contributed by atoms with Crippen LogP contribution in [0, 0.1) is 5.92 Å². The third kappa shape index (κ3) is 4.39. The highest BCUT2D eigenvalue weighted by Gasteiger charge is 2.26. The quantitative estimate of drug-likeness (QED) is 0.632. The standard InChI is InChI=1S/C20H20ClN3O2S/c21-17-6-2-1-5-15(17)11-19(25)24-8-3-4-14(12-24)10-18-22-20(23-26-18)16-7-9-27-13-16/h1-2,5-7,9,13-14H,3-4,8,10-12H2/t14-/m0/s1. The predicted molar refractivity (Wildman–Crippen MR) is 106 cm³/mol. The van der Waals surface area contributed by atoms with Gasteiger partial charge in [-0.25, -0.2) is 0 Å². The Morgan fingerprint density at radius 3 is 3.04 bits per heavy atom. The van der Waals surface area contributed by atoms with Crippen molar-refractivity contribution in [1.82, 2.24) is 15.0 Å². The Hall–Kier alpha value is -2.18. The molecule has 27 heavy (non-hydrogen) atoms. The second-order valence-electron chi connectivity index (χ2n) is 6.84. The molecule has 3 heterocycles. The molecule has 0 radical (unpaired) electrons. The lowest BCUT2D eigenvalue weighted by molar-refractivity contribution is -0.132. The maximum Gasteiger partial charge on any atom is 0.227 e. The Balaban J connectivity index is 1.37. The second kappa shape index (κ2) is 8.23. The van der Waals surface area contributed by atoms with E-state index in [0.717, 1.165) is 37.1 Å². The Morgan fingerprint density at radius 2 is 2.22 bits per heavy atom. The summed E-state index contributed by atoms with van der Waals surface area (Å²) in [6.45, 7) is 1.52. The lowest BCUT2D eigenvalue weighted by atomic mass is 9.94. The first-order valence-electron chi connectivity index (χ1n) is 9.05. The van der Waals surface area contributed by atoms with Crippen LogP contribution in [-0.4, -0.2) is 34.0 Å². The fourth-order valence-electron chi connectivity index (χ4n) is 3.47. The predicted octanol–water partition coefficient (Wildman–Crippen LogP) is 4.48. The molecule has 0 unspecified atom stereocenters. The molecular weight excluding hydrogens is 382 g/mol. The number of hydrogen-bond donors (Lipinski definition) is 0. The van der Waals surface area contributed by atoms with Gasteiger partial charge in [-0.3, -0.25) is 4.79 Å². The maximum atomic E-state index is 12.7. The molecule has 4 rings (SSSR count). The van der Waals surface area contributed by atoms with Gasteiger partial charge in [0.05, 0.1) is 6.42 Å². The van der Waals surface area contributed by atoms with Crippen molar-refractivity contribution < 1.29 is 9.32 Å². The van der Waals surface area contributed by atoms with Gasteiger partial charge in [0.2, 0.25) is 17.6 Å². The topological polar surface area (TPSA) is 59.2 Å². The Kier molecular flexibility index (Phi) is 5.55. The average molecular weight is 402 g/mol. The fourth-order valence-corrected chi connectivity index (χ4v) is 4.31. The summed E-state index contributed by atoms with van der Waals surface area (Å²) in [5.41, 5.74) is 1.86. The van der Waals surface area contributed by atoms with Crippen LogP contribution in [0.4, 0.5) is 0 Å². The summed E-state index contributed by atoms with van der Waals surface area (Å²) in [5.74, 6) is 1.73. The zero-order valence-electron chi connectivity index (χ0n) is 14.8. The van der Waals surface area contributed by atoms with Crippen LogP contribution in [0.15, 0.2) is 45.6 Å². The van der Waals surface area contributed by atoms with Gasteiger partial charge in [0, 0.05) is 35.5 Å². The number of piperidine rings is 1. The van der Waals surface area contributed by atoms with E-state index in [2.05, 4.69) is 10.1 Å². The molecule has 0 saturated carbocycles. The number of rotatable bonds is 5. The van der Waals surface area contributed by atoms with Crippen LogP contribution in [0.5, 0.6) is 0 Å². The Labute approximate surface area is 167 Å². The Bertz CT molecular complexity index is 910. The van der Waals surface area contributed by atoms with Crippen LogP contribution < -0.4 is 0 Å². The molecule has 0 bridgehead atoms. The molecule has 1 aliphatic rings. The van der Waals surface area contributed by atoms with Gasteiger partial charge in [-0.1, -0.05) is 35.0 Å². The highest BCUT2D eigenvalue weighted by Crippen LogP contribution is 2.24. The van der Waals surface area contributed by atoms with Gasteiger partial charge in [0.25, 0.3) is 0 Å². The fraction of sp³-hybridized carbons (Fsp3) is 0.350. The summed E-state index contributed by atoms with van der Waals surface area (Å²) in [5, 5.41) is 8.71. The minimum atomic E-state index is 0.122. The van der Waals surface area contributed by atoms with Crippen molar-refractivity contribution in [3.05, 3.63) is 57.6 Å². The molecule has 7 heteroatoms. The van der Waals surface area contributed by atoms with E-state index in [1.165, 1.54) is 0 Å². The minimum Gasteiger partial charge on any atom is -0.342 e. The number of carbonyl (C=O) groups excluding carboxylic acids is 1. The summed E-state index contributed by atoms with van der Waals surface area (Å²) in [4.78, 5) is 19.1. The van der Waals surface area contributed by atoms with Crippen LogP contribution in [0.3, 0.4) is 0 Å². The SMILES string of the molecule is O=C(Cc1ccccc1Cl)N1CCC[C@@H](Cc2nc(-c3ccsc3)no2)C1. The van der Waals surface area contributed by atoms with Gasteiger partial charge in [-0.05, 0) is 41.8 Å². The largest absolute Gasteiger partial charge is 0.342 e. The maximum absolute atomic E-state index is 12.7. The highest BCUT2D eigenvalue weighted by molar-refractivity contribution is 7.08. The Morgan fingerprint density at radius 1 is 1.33 bits per heavy atom. The van der Waals surface area contributed by atoms with Crippen LogP contribution in [0.1, 0.15) is 24.3 Å². The summed E-state index contributed by atoms with van der Waals surface area (Å²) < 4.78 is 5.42. The molecule has 5 nitrogen and oxygen atoms in total. The van der Waals surface area contributed by atoms with Gasteiger partial charge in [0.15, 0.2) is 0 Å². The van der Waals surface area contributed by atoms with E-state index in [0.29, 0.717) is 35.5 Å². The molecule has 3 aromatic rings. The van der Waals surface area contributed by atoms with E-state index in [1.807, 2.05) is 46.0 Å². The van der Waals surface area contributed by atoms with Crippen molar-refractivity contribution >= 4 is 28.8 Å². The summed E-state index contributed by atoms with van der Waals surface area (Å²) in [6, 6.07) is 9.50. The number of thiophene rings is 1. The first-order chi connectivity index (χ1) is 13.2. The van der Waals surface area contributed by atoms with Crippen molar-refractivity contribution in [1.29, 1.82) is 0 Å². The summed E-state index contributed by atoms with van der Waals surface area (Å²) >= 11 is 7.80. The molecule has 1 fully saturated rings. The zero-order chi connectivity index (χ0) is 18.6. The van der Waals surface area contributed by atoms with Gasteiger partial charge in [0.1, 0.15) is 0 Å². The van der Waals surface area contributed by atoms with Crippen LogP contribution >= 0.6 is 22.9 Å². The first-order valence-corrected chi connectivity index (χ1v) is 10.4. The molecule has 1 amide bonds. The minimum absolute atomic E-state index is 0.122. The molecule has 0 spiro atoms. The number of likely N-dealkylation sites (tertiary alicyclic amines) is 1. The average Bonchev–Trinajstić information content (AvgIpc) is 3.35. The molecular formula is C20H20ClN3O2S. The number of carbonyl (C=O) groups is 1. The molecule has 1 aliphatic heterocycles. The van der Waals surface area contributed by atoms with E-state index in [1.54, 1.807) is 11.3 Å². The van der Waals surface area contributed by atoms with E-state index in [-0.39, 0.29) is 5.91 Å². The number of amides is 1. The molecule has 2 aromatic heterocycles. The number of nitrogens with zero attached hydrogens (tertiary/aromatic N) is 3. The lowest BCUT2D eigenvalue weighted by Gasteiger charge is -2.32. The van der Waals surface area contributed by atoms with E-state index in [9.17, 15) is 4.79 Å². The summed E-state index contributed by atoms with van der Waals surface area (Å²) in [7, 11) is 0. The number of aromatic nitrogens is 2. The van der Waals surface area contributed by atoms with Crippen molar-refractivity contribution in [2.24, 2.45) is 5.92 Å². The molecule has 1 aromatic carbocycles. The number of halogens is 1. The molecule has 140 valence electrons. The van der Waals surface area contributed by atoms with E-state index < -0.39 is 0 Å². The van der Waals surface area contributed by atoms with Crippen molar-refractivity contribution in [2.45, 2.75) is 25.7 Å². The first kappa shape index (κ1) is 18.2. The van der Waals surface area contributed by atoms with E-state index >= 15 is 0 Å². The van der Waals surface area contributed by atoms with Gasteiger partial charge in [-0.2, -0.15) is 16.3 Å². The molecule has 1 atom stereocenters. The van der Waals surface area contributed by atoms with Gasteiger partial charge >= 0.3 is 0 Å². The monoisotopic (exact) mass is 401 g/mol. The highest BCUT2D eigenvalue weighted by atomic mass is 35.5.